The van der Waals surface area contributed by atoms with Gasteiger partial charge in [0, 0.05) is 11.3 Å². The van der Waals surface area contributed by atoms with E-state index in [9.17, 15) is 4.79 Å². The predicted molar refractivity (Wildman–Crippen MR) is 99.7 cm³/mol. The van der Waals surface area contributed by atoms with Crippen LogP contribution >= 0.6 is 34.7 Å². The average Bonchev–Trinajstić information content (AvgIpc) is 2.96. The Morgan fingerprint density at radius 3 is 2.78 bits per heavy atom. The Hall–Kier alpha value is -1.56. The number of carbonyl (C=O) groups is 1. The van der Waals surface area contributed by atoms with Gasteiger partial charge in [-0.15, -0.1) is 11.8 Å². The fourth-order valence-corrected chi connectivity index (χ4v) is 4.15. The van der Waals surface area contributed by atoms with Gasteiger partial charge in [0.25, 0.3) is 0 Å². The van der Waals surface area contributed by atoms with Gasteiger partial charge in [0.05, 0.1) is 9.72 Å². The van der Waals surface area contributed by atoms with E-state index in [0.29, 0.717) is 16.6 Å². The van der Waals surface area contributed by atoms with Crippen molar-refractivity contribution in [3.63, 3.8) is 0 Å². The number of nitrogens with one attached hydrogen (secondary N) is 1. The third-order valence-corrected chi connectivity index (χ3v) is 5.52. The molecule has 0 unspecified atom stereocenters. The summed E-state index contributed by atoms with van der Waals surface area (Å²) in [6, 6.07) is 15.8. The van der Waals surface area contributed by atoms with Crippen LogP contribution in [0, 0.1) is 0 Å². The number of hydrogen-bond acceptors (Lipinski definition) is 4. The second-order valence-electron chi connectivity index (χ2n) is 4.92. The summed E-state index contributed by atoms with van der Waals surface area (Å²) in [4.78, 5) is 17.6. The molecule has 0 aliphatic carbocycles. The van der Waals surface area contributed by atoms with Crippen molar-refractivity contribution in [3.8, 4) is 0 Å². The summed E-state index contributed by atoms with van der Waals surface area (Å²) in [6.45, 7) is 0. The lowest BCUT2D eigenvalue weighted by molar-refractivity contribution is -0.116. The number of halogens is 1. The monoisotopic (exact) mass is 362 g/mol. The zero-order chi connectivity index (χ0) is 16.1. The molecule has 1 aromatic heterocycles. The zero-order valence-electron chi connectivity index (χ0n) is 12.3. The molecule has 0 saturated carbocycles. The molecule has 1 N–H and O–H groups in total. The van der Waals surface area contributed by atoms with Crippen LogP contribution < -0.4 is 5.32 Å². The molecule has 0 atom stereocenters. The molecule has 0 saturated heterocycles. The van der Waals surface area contributed by atoms with E-state index in [2.05, 4.69) is 22.4 Å². The van der Waals surface area contributed by atoms with Gasteiger partial charge in [-0.1, -0.05) is 47.2 Å². The second kappa shape index (κ2) is 7.81. The molecule has 0 aliphatic heterocycles. The minimum Gasteiger partial charge on any atom is -0.302 e. The van der Waals surface area contributed by atoms with Gasteiger partial charge in [-0.3, -0.25) is 4.79 Å². The molecule has 1 heterocycles. The van der Waals surface area contributed by atoms with Gasteiger partial charge in [-0.05, 0) is 36.4 Å². The number of aromatic nitrogens is 1. The van der Waals surface area contributed by atoms with Gasteiger partial charge in [-0.25, -0.2) is 4.98 Å². The lowest BCUT2D eigenvalue weighted by Gasteiger charge is -2.02. The van der Waals surface area contributed by atoms with Gasteiger partial charge in [0.2, 0.25) is 5.91 Å². The molecule has 23 heavy (non-hydrogen) atoms. The smallest absolute Gasteiger partial charge is 0.226 e. The molecule has 3 aromatic rings. The van der Waals surface area contributed by atoms with E-state index in [1.54, 1.807) is 17.8 Å². The van der Waals surface area contributed by atoms with Gasteiger partial charge < -0.3 is 5.32 Å². The predicted octanol–water partition coefficient (Wildman–Crippen LogP) is 5.46. The van der Waals surface area contributed by atoms with Crippen LogP contribution in [0.2, 0.25) is 5.02 Å². The molecule has 6 heteroatoms. The van der Waals surface area contributed by atoms with Crippen LogP contribution in [0.3, 0.4) is 0 Å². The summed E-state index contributed by atoms with van der Waals surface area (Å²) >= 11 is 9.30. The maximum Gasteiger partial charge on any atom is 0.226 e. The number of hydrogen-bond donors (Lipinski definition) is 1. The average molecular weight is 363 g/mol. The molecular weight excluding hydrogens is 348 g/mol. The maximum atomic E-state index is 12.0. The molecule has 3 rings (SSSR count). The van der Waals surface area contributed by atoms with Crippen molar-refractivity contribution in [2.75, 3.05) is 11.1 Å². The van der Waals surface area contributed by atoms with Crippen molar-refractivity contribution in [2.45, 2.75) is 17.7 Å². The van der Waals surface area contributed by atoms with Crippen LogP contribution in [-0.4, -0.2) is 16.6 Å². The maximum absolute atomic E-state index is 12.0. The van der Waals surface area contributed by atoms with Gasteiger partial charge in [-0.2, -0.15) is 0 Å². The van der Waals surface area contributed by atoms with Crippen molar-refractivity contribution in [2.24, 2.45) is 0 Å². The van der Waals surface area contributed by atoms with E-state index in [1.165, 1.54) is 16.2 Å². The Labute approximate surface area is 148 Å². The van der Waals surface area contributed by atoms with E-state index in [0.717, 1.165) is 22.4 Å². The summed E-state index contributed by atoms with van der Waals surface area (Å²) in [5, 5.41) is 4.07. The number of amides is 1. The van der Waals surface area contributed by atoms with E-state index < -0.39 is 0 Å². The molecule has 0 radical (unpaired) electrons. The fraction of sp³-hybridized carbons (Fsp3) is 0.176. The highest BCUT2D eigenvalue weighted by molar-refractivity contribution is 7.99. The van der Waals surface area contributed by atoms with Gasteiger partial charge in [0.1, 0.15) is 5.52 Å². The van der Waals surface area contributed by atoms with Crippen molar-refractivity contribution in [1.29, 1.82) is 0 Å². The molecular formula is C17H15ClN2OS2. The highest BCUT2D eigenvalue weighted by Gasteiger charge is 2.09. The Bertz CT molecular complexity index is 805. The highest BCUT2D eigenvalue weighted by Crippen LogP contribution is 2.30. The van der Waals surface area contributed by atoms with Crippen molar-refractivity contribution in [1.82, 2.24) is 4.98 Å². The van der Waals surface area contributed by atoms with Crippen LogP contribution in [0.4, 0.5) is 5.13 Å². The highest BCUT2D eigenvalue weighted by atomic mass is 35.5. The summed E-state index contributed by atoms with van der Waals surface area (Å²) in [5.41, 5.74) is 0.745. The van der Waals surface area contributed by atoms with E-state index in [-0.39, 0.29) is 5.91 Å². The van der Waals surface area contributed by atoms with E-state index >= 15 is 0 Å². The molecule has 0 fully saturated rings. The molecule has 0 spiro atoms. The Morgan fingerprint density at radius 1 is 1.17 bits per heavy atom. The molecule has 3 nitrogen and oxygen atoms in total. The second-order valence-corrected chi connectivity index (χ2v) is 7.53. The van der Waals surface area contributed by atoms with Gasteiger partial charge in [0.15, 0.2) is 5.13 Å². The summed E-state index contributed by atoms with van der Waals surface area (Å²) in [5.74, 6) is 0.914. The largest absolute Gasteiger partial charge is 0.302 e. The molecule has 0 aliphatic rings. The number of anilines is 1. The first-order valence-corrected chi connectivity index (χ1v) is 9.43. The quantitative estimate of drug-likeness (QED) is 0.467. The van der Waals surface area contributed by atoms with Crippen molar-refractivity contribution in [3.05, 3.63) is 53.6 Å². The molecule has 2 aromatic carbocycles. The summed E-state index contributed by atoms with van der Waals surface area (Å²) in [7, 11) is 0. The number of carbonyl (C=O) groups excluding carboxylic acids is 1. The normalized spacial score (nSPS) is 10.8. The van der Waals surface area contributed by atoms with E-state index in [4.69, 9.17) is 11.6 Å². The minimum atomic E-state index is -0.00570. The van der Waals surface area contributed by atoms with Crippen LogP contribution in [0.1, 0.15) is 12.8 Å². The first kappa shape index (κ1) is 16.3. The Balaban J connectivity index is 1.48. The lowest BCUT2D eigenvalue weighted by Crippen LogP contribution is -2.11. The third-order valence-electron chi connectivity index (χ3n) is 3.18. The first-order valence-electron chi connectivity index (χ1n) is 7.25. The SMILES string of the molecule is O=C(CCCSc1ccccc1)Nc1nc2c(Cl)cccc2s1. The van der Waals surface area contributed by atoms with Crippen LogP contribution in [0.25, 0.3) is 10.2 Å². The number of benzene rings is 2. The van der Waals surface area contributed by atoms with Crippen molar-refractivity contribution < 1.29 is 4.79 Å². The molecule has 0 bridgehead atoms. The topological polar surface area (TPSA) is 42.0 Å². The fourth-order valence-electron chi connectivity index (χ4n) is 2.09. The summed E-state index contributed by atoms with van der Waals surface area (Å²) < 4.78 is 0.979. The van der Waals surface area contributed by atoms with Crippen molar-refractivity contribution >= 4 is 56.0 Å². The Morgan fingerprint density at radius 2 is 2.00 bits per heavy atom. The Kier molecular flexibility index (Phi) is 5.54. The van der Waals surface area contributed by atoms with Crippen LogP contribution in [0.5, 0.6) is 0 Å². The number of nitrogens with zero attached hydrogens (tertiary/aromatic N) is 1. The van der Waals surface area contributed by atoms with E-state index in [1.807, 2.05) is 30.3 Å². The third kappa shape index (κ3) is 4.47. The summed E-state index contributed by atoms with van der Waals surface area (Å²) in [6.07, 6.45) is 1.32. The van der Waals surface area contributed by atoms with Crippen LogP contribution in [-0.2, 0) is 4.79 Å². The molecule has 1 amide bonds. The number of rotatable bonds is 6. The first-order chi connectivity index (χ1) is 11.2. The number of thiazole rings is 1. The number of thioether (sulfide) groups is 1. The number of fused-ring (bicyclic) bond motifs is 1. The zero-order valence-corrected chi connectivity index (χ0v) is 14.7. The number of para-hydroxylation sites is 1. The lowest BCUT2D eigenvalue weighted by atomic mass is 10.3. The minimum absolute atomic E-state index is 0.00570. The van der Waals surface area contributed by atoms with Gasteiger partial charge >= 0.3 is 0 Å². The van der Waals surface area contributed by atoms with Crippen LogP contribution in [0.15, 0.2) is 53.4 Å². The molecule has 118 valence electrons. The standard InChI is InChI=1S/C17H15ClN2OS2/c18-13-8-4-9-14-16(13)20-17(23-14)19-15(21)10-5-11-22-12-6-2-1-3-7-12/h1-4,6-9H,5,10-11H2,(H,19,20,21).